The number of nitrogens with one attached hydrogen (secondary N) is 2. The molecule has 0 unspecified atom stereocenters. The number of anilines is 3. The summed E-state index contributed by atoms with van der Waals surface area (Å²) in [7, 11) is 0. The van der Waals surface area contributed by atoms with Crippen LogP contribution in [0.15, 0.2) is 43.1 Å². The lowest BCUT2D eigenvalue weighted by Gasteiger charge is -2.20. The van der Waals surface area contributed by atoms with E-state index in [-0.39, 0.29) is 35.6 Å². The highest BCUT2D eigenvalue weighted by molar-refractivity contribution is 6.02. The molecule has 0 bridgehead atoms. The van der Waals surface area contributed by atoms with Gasteiger partial charge in [0.15, 0.2) is 5.65 Å². The second-order valence-corrected chi connectivity index (χ2v) is 12.0. The maximum absolute atomic E-state index is 13.0. The van der Waals surface area contributed by atoms with Gasteiger partial charge in [-0.25, -0.2) is 24.9 Å². The topological polar surface area (TPSA) is 130 Å². The van der Waals surface area contributed by atoms with Crippen LogP contribution in [0, 0.1) is 24.7 Å². The maximum Gasteiger partial charge on any atom is 0.230 e. The lowest BCUT2D eigenvalue weighted by molar-refractivity contribution is -0.119. The Balaban J connectivity index is 0.987. The summed E-state index contributed by atoms with van der Waals surface area (Å²) in [5, 5.41) is 6.32. The molecule has 2 amide bonds. The van der Waals surface area contributed by atoms with Crippen LogP contribution in [0.4, 0.5) is 17.3 Å². The van der Waals surface area contributed by atoms with E-state index in [1.807, 2.05) is 31.0 Å². The molecule has 0 spiro atoms. The van der Waals surface area contributed by atoms with Gasteiger partial charge in [-0.3, -0.25) is 9.59 Å². The Morgan fingerprint density at radius 1 is 1.05 bits per heavy atom. The number of carbonyl (C=O) groups excluding carboxylic acids is 2. The molecule has 4 fully saturated rings. The molecule has 4 aliphatic rings. The van der Waals surface area contributed by atoms with Crippen LogP contribution in [0.25, 0.3) is 5.65 Å². The molecule has 3 aliphatic carbocycles. The van der Waals surface area contributed by atoms with Crippen molar-refractivity contribution in [2.45, 2.75) is 57.4 Å². The fourth-order valence-electron chi connectivity index (χ4n) is 6.10. The van der Waals surface area contributed by atoms with Crippen LogP contribution < -0.4 is 15.5 Å². The molecule has 2 N–H and O–H groups in total. The zero-order valence-electron chi connectivity index (χ0n) is 23.0. The van der Waals surface area contributed by atoms with Gasteiger partial charge in [0.25, 0.3) is 0 Å². The smallest absolute Gasteiger partial charge is 0.230 e. The molecule has 1 aliphatic heterocycles. The molecular formula is C30H31N9O2. The van der Waals surface area contributed by atoms with Crippen molar-refractivity contribution in [2.24, 2.45) is 17.8 Å². The number of aromatic nitrogens is 6. The molecule has 11 heteroatoms. The normalized spacial score (nSPS) is 25.2. The van der Waals surface area contributed by atoms with Crippen LogP contribution in [-0.4, -0.2) is 47.7 Å². The van der Waals surface area contributed by atoms with Crippen molar-refractivity contribution in [2.75, 3.05) is 22.1 Å². The van der Waals surface area contributed by atoms with Gasteiger partial charge >= 0.3 is 0 Å². The minimum absolute atomic E-state index is 0.0383. The SMILES string of the molecule is Cc1ccnc([C@H]2C[C@@H]2C(=O)Nc2cc(N[C@H](C)c3cn4cc(C5CC5)cc(N5C[C@@H]6C[C@@H]6C5=O)c4n3)ncn2)n1. The molecule has 208 valence electrons. The molecule has 0 aromatic carbocycles. The third-order valence-corrected chi connectivity index (χ3v) is 8.83. The van der Waals surface area contributed by atoms with Crippen molar-refractivity contribution in [3.8, 4) is 0 Å². The Labute approximate surface area is 236 Å². The first-order chi connectivity index (χ1) is 19.9. The molecule has 0 radical (unpaired) electrons. The molecule has 5 atom stereocenters. The van der Waals surface area contributed by atoms with Gasteiger partial charge in [-0.15, -0.1) is 0 Å². The Morgan fingerprint density at radius 3 is 2.68 bits per heavy atom. The Bertz CT molecular complexity index is 1710. The van der Waals surface area contributed by atoms with Crippen molar-refractivity contribution < 1.29 is 9.59 Å². The van der Waals surface area contributed by atoms with Gasteiger partial charge in [-0.05, 0) is 69.1 Å². The number of nitrogens with zero attached hydrogens (tertiary/aromatic N) is 7. The van der Waals surface area contributed by atoms with Crippen LogP contribution in [0.1, 0.15) is 73.3 Å². The number of aryl methyl sites for hydroxylation is 1. The molecule has 1 saturated heterocycles. The molecule has 3 saturated carbocycles. The Kier molecular flexibility index (Phi) is 5.38. The van der Waals surface area contributed by atoms with Crippen LogP contribution in [0.3, 0.4) is 0 Å². The second kappa shape index (κ2) is 9.05. The number of piperidine rings is 1. The van der Waals surface area contributed by atoms with Gasteiger partial charge in [0.05, 0.1) is 17.4 Å². The van der Waals surface area contributed by atoms with Gasteiger partial charge in [-0.1, -0.05) is 0 Å². The average Bonchev–Trinajstić information content (AvgIpc) is 3.87. The predicted octanol–water partition coefficient (Wildman–Crippen LogP) is 4.00. The first-order valence-electron chi connectivity index (χ1n) is 14.4. The van der Waals surface area contributed by atoms with Crippen LogP contribution in [-0.2, 0) is 9.59 Å². The molecule has 41 heavy (non-hydrogen) atoms. The van der Waals surface area contributed by atoms with E-state index in [9.17, 15) is 9.59 Å². The van der Waals surface area contributed by atoms with E-state index in [1.165, 1.54) is 24.7 Å². The van der Waals surface area contributed by atoms with Crippen LogP contribution >= 0.6 is 0 Å². The first-order valence-corrected chi connectivity index (χ1v) is 14.4. The zero-order valence-corrected chi connectivity index (χ0v) is 23.0. The predicted molar refractivity (Wildman–Crippen MR) is 151 cm³/mol. The Hall–Kier alpha value is -4.41. The quantitative estimate of drug-likeness (QED) is 0.337. The summed E-state index contributed by atoms with van der Waals surface area (Å²) < 4.78 is 2.07. The van der Waals surface area contributed by atoms with E-state index in [4.69, 9.17) is 4.98 Å². The standard InChI is InChI=1S/C30H31N9O2/c1-15-5-6-31-27(34-15)21-9-22(21)29(40)37-26-10-25(32-14-33-26)35-16(2)23-13-38-11-18(17-3-4-17)8-24(28(38)36-23)39-12-19-7-20(19)30(39)41/h5-6,8,10-11,13-14,16-17,19-22H,3-4,7,9,12H2,1-2H3,(H2,32,33,35,37,40)/t16-,19+,20+,21+,22+/m1/s1. The number of rotatable bonds is 8. The monoisotopic (exact) mass is 549 g/mol. The lowest BCUT2D eigenvalue weighted by Crippen LogP contribution is -2.28. The van der Waals surface area contributed by atoms with Crippen LogP contribution in [0.5, 0.6) is 0 Å². The van der Waals surface area contributed by atoms with Crippen molar-refractivity contribution in [1.29, 1.82) is 0 Å². The van der Waals surface area contributed by atoms with Crippen molar-refractivity contribution in [3.63, 3.8) is 0 Å². The van der Waals surface area contributed by atoms with E-state index >= 15 is 0 Å². The van der Waals surface area contributed by atoms with Crippen LogP contribution in [0.2, 0.25) is 0 Å². The van der Waals surface area contributed by atoms with E-state index in [1.54, 1.807) is 12.3 Å². The summed E-state index contributed by atoms with van der Waals surface area (Å²) in [6.07, 6.45) is 11.5. The average molecular weight is 550 g/mol. The van der Waals surface area contributed by atoms with E-state index in [0.29, 0.717) is 23.5 Å². The largest absolute Gasteiger partial charge is 0.362 e. The minimum Gasteiger partial charge on any atom is -0.362 e. The molecule has 8 rings (SSSR count). The summed E-state index contributed by atoms with van der Waals surface area (Å²) in [6.45, 7) is 4.74. The number of carbonyl (C=O) groups is 2. The summed E-state index contributed by atoms with van der Waals surface area (Å²) in [5.74, 6) is 3.02. The number of amides is 2. The van der Waals surface area contributed by atoms with E-state index < -0.39 is 0 Å². The third-order valence-electron chi connectivity index (χ3n) is 8.83. The first kappa shape index (κ1) is 24.4. The summed E-state index contributed by atoms with van der Waals surface area (Å²) in [6, 6.07) is 5.60. The zero-order chi connectivity index (χ0) is 27.8. The highest BCUT2D eigenvalue weighted by Gasteiger charge is 2.53. The number of fused-ring (bicyclic) bond motifs is 2. The van der Waals surface area contributed by atoms with Gasteiger partial charge in [0.2, 0.25) is 11.8 Å². The minimum atomic E-state index is -0.167. The highest BCUT2D eigenvalue weighted by Crippen LogP contribution is 2.49. The molecule has 5 heterocycles. The molecule has 4 aromatic rings. The van der Waals surface area contributed by atoms with Gasteiger partial charge in [0.1, 0.15) is 23.8 Å². The fourth-order valence-corrected chi connectivity index (χ4v) is 6.10. The summed E-state index contributed by atoms with van der Waals surface area (Å²) in [5.41, 5.74) is 4.74. The van der Waals surface area contributed by atoms with Crippen molar-refractivity contribution >= 4 is 34.8 Å². The van der Waals surface area contributed by atoms with E-state index in [0.717, 1.165) is 47.9 Å². The van der Waals surface area contributed by atoms with Crippen molar-refractivity contribution in [1.82, 2.24) is 29.3 Å². The van der Waals surface area contributed by atoms with Gasteiger partial charge in [-0.2, -0.15) is 0 Å². The van der Waals surface area contributed by atoms with Gasteiger partial charge < -0.3 is 19.9 Å². The summed E-state index contributed by atoms with van der Waals surface area (Å²) >= 11 is 0. The number of imidazole rings is 1. The van der Waals surface area contributed by atoms with E-state index in [2.05, 4.69) is 47.2 Å². The molecule has 4 aromatic heterocycles. The fraction of sp³-hybridized carbons (Fsp3) is 0.433. The van der Waals surface area contributed by atoms with Gasteiger partial charge in [0, 0.05) is 54.6 Å². The van der Waals surface area contributed by atoms with Crippen molar-refractivity contribution in [3.05, 3.63) is 65.9 Å². The molecular weight excluding hydrogens is 518 g/mol. The number of hydrogen-bond donors (Lipinski definition) is 2. The third kappa shape index (κ3) is 4.49. The summed E-state index contributed by atoms with van der Waals surface area (Å²) in [4.78, 5) is 50.2. The number of hydrogen-bond acceptors (Lipinski definition) is 8. The number of pyridine rings is 1. The maximum atomic E-state index is 13.0. The molecule has 11 nitrogen and oxygen atoms in total. The highest BCUT2D eigenvalue weighted by atomic mass is 16.2. The lowest BCUT2D eigenvalue weighted by atomic mass is 10.1. The second-order valence-electron chi connectivity index (χ2n) is 12.0. The Morgan fingerprint density at radius 2 is 1.90 bits per heavy atom.